The second-order valence-electron chi connectivity index (χ2n) is 5.87. The maximum absolute atomic E-state index is 2.69. The van der Waals surface area contributed by atoms with Crippen LogP contribution in [0.4, 0.5) is 0 Å². The van der Waals surface area contributed by atoms with Crippen molar-refractivity contribution in [1.82, 2.24) is 4.90 Å². The Hall–Kier alpha value is -0.0800. The lowest BCUT2D eigenvalue weighted by atomic mass is 10.1. The number of nitrogens with zero attached hydrogens (tertiary/aromatic N) is 2. The van der Waals surface area contributed by atoms with Crippen LogP contribution in [0.1, 0.15) is 33.6 Å². The summed E-state index contributed by atoms with van der Waals surface area (Å²) in [5.41, 5.74) is 0. The molecule has 1 aliphatic heterocycles. The van der Waals surface area contributed by atoms with Crippen LogP contribution in [0.5, 0.6) is 0 Å². The first-order valence-electron chi connectivity index (χ1n) is 6.00. The van der Waals surface area contributed by atoms with Crippen molar-refractivity contribution in [2.45, 2.75) is 39.7 Å². The molecule has 84 valence electrons. The molecule has 0 spiro atoms. The van der Waals surface area contributed by atoms with E-state index in [-0.39, 0.29) is 0 Å². The van der Waals surface area contributed by atoms with E-state index in [1.54, 1.807) is 0 Å². The molecule has 0 N–H and O–H groups in total. The summed E-state index contributed by atoms with van der Waals surface area (Å²) < 4.78 is 1.18. The molecule has 0 bridgehead atoms. The monoisotopic (exact) mass is 199 g/mol. The maximum atomic E-state index is 2.69. The zero-order valence-electron chi connectivity index (χ0n) is 10.6. The van der Waals surface area contributed by atoms with Crippen LogP contribution in [-0.4, -0.2) is 49.3 Å². The summed E-state index contributed by atoms with van der Waals surface area (Å²) in [6.45, 7) is 10.8. The maximum Gasteiger partial charge on any atom is 0.135 e. The van der Waals surface area contributed by atoms with Crippen LogP contribution >= 0.6 is 0 Å². The highest BCUT2D eigenvalue weighted by Crippen LogP contribution is 2.21. The molecule has 14 heavy (non-hydrogen) atoms. The molecule has 1 unspecified atom stereocenters. The van der Waals surface area contributed by atoms with E-state index in [0.717, 1.165) is 12.0 Å². The molecular formula is C12H27N2+. The Labute approximate surface area is 89.5 Å². The minimum Gasteiger partial charge on any atom is -0.315 e. The molecule has 0 aromatic rings. The van der Waals surface area contributed by atoms with Gasteiger partial charge >= 0.3 is 0 Å². The Balaban J connectivity index is 2.53. The molecule has 2 heteroatoms. The van der Waals surface area contributed by atoms with Crippen molar-refractivity contribution in [1.29, 1.82) is 0 Å². The van der Waals surface area contributed by atoms with E-state index in [4.69, 9.17) is 0 Å². The molecular weight excluding hydrogens is 172 g/mol. The van der Waals surface area contributed by atoms with E-state index in [2.05, 4.69) is 39.8 Å². The van der Waals surface area contributed by atoms with Crippen molar-refractivity contribution >= 4 is 0 Å². The van der Waals surface area contributed by atoms with Gasteiger partial charge in [-0.2, -0.15) is 0 Å². The molecule has 1 aliphatic rings. The summed E-state index contributed by atoms with van der Waals surface area (Å²) in [6, 6.07) is 0.831. The summed E-state index contributed by atoms with van der Waals surface area (Å²) in [7, 11) is 4.70. The van der Waals surface area contributed by atoms with E-state index >= 15 is 0 Å². The molecule has 0 amide bonds. The Morgan fingerprint density at radius 1 is 1.36 bits per heavy atom. The van der Waals surface area contributed by atoms with Gasteiger partial charge in [-0.25, -0.2) is 4.90 Å². The minimum absolute atomic E-state index is 0.799. The van der Waals surface area contributed by atoms with Crippen molar-refractivity contribution < 1.29 is 4.48 Å². The van der Waals surface area contributed by atoms with Crippen molar-refractivity contribution in [3.8, 4) is 0 Å². The van der Waals surface area contributed by atoms with Crippen LogP contribution in [0.3, 0.4) is 0 Å². The first-order valence-corrected chi connectivity index (χ1v) is 6.00. The largest absolute Gasteiger partial charge is 0.315 e. The van der Waals surface area contributed by atoms with E-state index in [1.807, 2.05) is 0 Å². The summed E-state index contributed by atoms with van der Waals surface area (Å²) in [5.74, 6) is 0.799. The topological polar surface area (TPSA) is 3.24 Å². The summed E-state index contributed by atoms with van der Waals surface area (Å²) >= 11 is 0. The minimum atomic E-state index is 0.799. The average Bonchev–Trinajstić information content (AvgIpc) is 2.25. The smallest absolute Gasteiger partial charge is 0.135 e. The highest BCUT2D eigenvalue weighted by atomic mass is 15.5. The van der Waals surface area contributed by atoms with Gasteiger partial charge in [-0.05, 0) is 12.3 Å². The summed E-state index contributed by atoms with van der Waals surface area (Å²) in [4.78, 5) is 2.69. The second kappa shape index (κ2) is 4.63. The van der Waals surface area contributed by atoms with Crippen LogP contribution in [0.15, 0.2) is 0 Å². The molecule has 1 fully saturated rings. The first-order chi connectivity index (χ1) is 6.44. The van der Waals surface area contributed by atoms with Crippen molar-refractivity contribution in [2.24, 2.45) is 5.92 Å². The van der Waals surface area contributed by atoms with E-state index < -0.39 is 0 Å². The molecule has 1 rings (SSSR count). The predicted molar refractivity (Wildman–Crippen MR) is 62.1 cm³/mol. The fraction of sp³-hybridized carbons (Fsp3) is 1.00. The second-order valence-corrected chi connectivity index (χ2v) is 5.87. The third-order valence-electron chi connectivity index (χ3n) is 3.01. The van der Waals surface area contributed by atoms with E-state index in [0.29, 0.717) is 0 Å². The normalized spacial score (nSPS) is 27.4. The van der Waals surface area contributed by atoms with Crippen LogP contribution in [0, 0.1) is 5.92 Å². The zero-order chi connectivity index (χ0) is 10.8. The quantitative estimate of drug-likeness (QED) is 0.627. The molecule has 1 atom stereocenters. The van der Waals surface area contributed by atoms with E-state index in [1.165, 1.54) is 37.1 Å². The lowest BCUT2D eigenvalue weighted by molar-refractivity contribution is -0.883. The Morgan fingerprint density at radius 2 is 2.00 bits per heavy atom. The predicted octanol–water partition coefficient (Wildman–Crippen LogP) is 2.16. The van der Waals surface area contributed by atoms with Crippen LogP contribution < -0.4 is 0 Å². The number of hydrogen-bond donors (Lipinski definition) is 0. The lowest BCUT2D eigenvalue weighted by Gasteiger charge is -2.24. The summed E-state index contributed by atoms with van der Waals surface area (Å²) in [5, 5.41) is 0. The highest BCUT2D eigenvalue weighted by Gasteiger charge is 2.36. The number of quaternary nitrogens is 1. The van der Waals surface area contributed by atoms with Gasteiger partial charge in [-0.1, -0.05) is 27.2 Å². The van der Waals surface area contributed by atoms with Gasteiger partial charge in [0.25, 0.3) is 0 Å². The fourth-order valence-corrected chi connectivity index (χ4v) is 2.63. The number of likely N-dealkylation sites (N-methyl/N-ethyl adjacent to an activating group) is 1. The Kier molecular flexibility index (Phi) is 3.96. The number of rotatable bonds is 4. The lowest BCUT2D eigenvalue weighted by Crippen LogP contribution is -2.39. The van der Waals surface area contributed by atoms with Crippen LogP contribution in [0.2, 0.25) is 0 Å². The third kappa shape index (κ3) is 3.25. The van der Waals surface area contributed by atoms with E-state index in [9.17, 15) is 0 Å². The van der Waals surface area contributed by atoms with Gasteiger partial charge in [0.05, 0.1) is 26.7 Å². The highest BCUT2D eigenvalue weighted by molar-refractivity contribution is 4.75. The third-order valence-corrected chi connectivity index (χ3v) is 3.01. The van der Waals surface area contributed by atoms with Crippen LogP contribution in [-0.2, 0) is 0 Å². The zero-order valence-corrected chi connectivity index (χ0v) is 10.6. The Bertz CT molecular complexity index is 175. The molecule has 0 aromatic carbocycles. The van der Waals surface area contributed by atoms with Gasteiger partial charge in [0, 0.05) is 6.54 Å². The molecule has 0 saturated carbocycles. The Morgan fingerprint density at radius 3 is 2.50 bits per heavy atom. The van der Waals surface area contributed by atoms with Crippen LogP contribution in [0.25, 0.3) is 0 Å². The molecule has 2 nitrogen and oxygen atoms in total. The fourth-order valence-electron chi connectivity index (χ4n) is 2.63. The molecule has 0 aromatic heterocycles. The average molecular weight is 199 g/mol. The van der Waals surface area contributed by atoms with Gasteiger partial charge in [0.1, 0.15) is 6.67 Å². The summed E-state index contributed by atoms with van der Waals surface area (Å²) in [6.07, 6.45) is 2.69. The standard InChI is InChI=1S/C12H27N2/c1-6-7-12-9-14(4,5)10-13(12)8-11(2)3/h11-12H,6-10H2,1-5H3/q+1. The molecule has 1 heterocycles. The van der Waals surface area contributed by atoms with Gasteiger partial charge in [0.2, 0.25) is 0 Å². The number of hydrogen-bond acceptors (Lipinski definition) is 1. The molecule has 1 saturated heterocycles. The molecule has 0 radical (unpaired) electrons. The first kappa shape index (κ1) is 12.0. The van der Waals surface area contributed by atoms with Gasteiger partial charge in [-0.15, -0.1) is 0 Å². The van der Waals surface area contributed by atoms with Gasteiger partial charge in [0.15, 0.2) is 0 Å². The van der Waals surface area contributed by atoms with Gasteiger partial charge < -0.3 is 4.48 Å². The van der Waals surface area contributed by atoms with Crippen molar-refractivity contribution in [2.75, 3.05) is 33.9 Å². The van der Waals surface area contributed by atoms with Crippen molar-refractivity contribution in [3.63, 3.8) is 0 Å². The van der Waals surface area contributed by atoms with Gasteiger partial charge in [-0.3, -0.25) is 0 Å². The SMILES string of the molecule is CCCC1C[N+](C)(C)CN1CC(C)C. The van der Waals surface area contributed by atoms with Crippen molar-refractivity contribution in [3.05, 3.63) is 0 Å². The molecule has 0 aliphatic carbocycles.